The molecule has 1 aromatic heterocycles. The molecule has 14 heteroatoms. The Morgan fingerprint density at radius 3 is 2.29 bits per heavy atom. The Morgan fingerprint density at radius 2 is 1.69 bits per heavy atom. The van der Waals surface area contributed by atoms with E-state index >= 15 is 0 Å². The van der Waals surface area contributed by atoms with Crippen molar-refractivity contribution in [2.45, 2.75) is 114 Å². The van der Waals surface area contributed by atoms with Crippen LogP contribution in [0.15, 0.2) is 29.2 Å². The molecular formula is C34H53ClN6O6S. The normalized spacial score (nSPS) is 21.4. The van der Waals surface area contributed by atoms with E-state index in [-0.39, 0.29) is 48.7 Å². The van der Waals surface area contributed by atoms with E-state index in [0.717, 1.165) is 59.0 Å². The van der Waals surface area contributed by atoms with Gasteiger partial charge in [0.2, 0.25) is 21.8 Å². The van der Waals surface area contributed by atoms with Crippen LogP contribution in [0.2, 0.25) is 0 Å². The molecule has 2 aliphatic heterocycles. The van der Waals surface area contributed by atoms with Crippen molar-refractivity contribution in [3.63, 3.8) is 0 Å². The Kier molecular flexibility index (Phi) is 12.4. The van der Waals surface area contributed by atoms with Crippen LogP contribution >= 0.6 is 12.4 Å². The van der Waals surface area contributed by atoms with Crippen LogP contribution in [0.1, 0.15) is 88.1 Å². The fraction of sp³-hybridized carbons (Fsp3) is 0.676. The van der Waals surface area contributed by atoms with Crippen molar-refractivity contribution < 1.29 is 28.2 Å². The number of aryl methyl sites for hydroxylation is 1. The molecule has 0 unspecified atom stereocenters. The third-order valence-electron chi connectivity index (χ3n) is 10.6. The van der Waals surface area contributed by atoms with E-state index < -0.39 is 27.2 Å². The van der Waals surface area contributed by atoms with Gasteiger partial charge in [-0.05, 0) is 70.2 Å². The van der Waals surface area contributed by atoms with Crippen LogP contribution < -0.4 is 5.32 Å². The van der Waals surface area contributed by atoms with Gasteiger partial charge in [-0.15, -0.1) is 12.4 Å². The van der Waals surface area contributed by atoms with Crippen LogP contribution in [-0.2, 0) is 26.2 Å². The summed E-state index contributed by atoms with van der Waals surface area (Å²) in [5, 5.41) is 28.2. The van der Waals surface area contributed by atoms with Crippen molar-refractivity contribution in [3.8, 4) is 5.69 Å². The first-order valence-electron chi connectivity index (χ1n) is 17.1. The number of amides is 2. The minimum Gasteiger partial charge on any atom is -0.395 e. The van der Waals surface area contributed by atoms with Gasteiger partial charge in [-0.2, -0.15) is 9.40 Å². The number of piperazine rings is 1. The Labute approximate surface area is 291 Å². The highest BCUT2D eigenvalue weighted by atomic mass is 35.5. The number of hydrogen-bond acceptors (Lipinski definition) is 8. The first-order chi connectivity index (χ1) is 22.3. The molecule has 3 N–H and O–H groups in total. The summed E-state index contributed by atoms with van der Waals surface area (Å²) in [7, 11) is -2.26. The molecule has 2 aromatic rings. The standard InChI is InChI=1S/C34H52N6O6S.ClH/c1-5-6-18-39-31(42)30(23-33(44)14-8-7-9-15-33)35-32(43)34(39)16-19-38(20-17-34)24-29-25(2)36-40(26(29)3)27-10-12-28(13-11-27)47(45,46)37(4)21-22-41;/h10-13,30,41,44H,5-9,14-24H2,1-4H3,(H,35,43);1H/t30-;/m1./s1. The molecule has 5 rings (SSSR count). The molecule has 48 heavy (non-hydrogen) atoms. The Balaban J connectivity index is 0.00000520. The molecule has 3 heterocycles. The average Bonchev–Trinajstić information content (AvgIpc) is 3.33. The van der Waals surface area contributed by atoms with Crippen LogP contribution in [-0.4, -0.2) is 111 Å². The van der Waals surface area contributed by atoms with Crippen LogP contribution in [0.4, 0.5) is 0 Å². The molecule has 3 fully saturated rings. The van der Waals surface area contributed by atoms with Gasteiger partial charge in [0.1, 0.15) is 11.6 Å². The van der Waals surface area contributed by atoms with Crippen molar-refractivity contribution in [2.24, 2.45) is 0 Å². The highest BCUT2D eigenvalue weighted by molar-refractivity contribution is 7.89. The number of likely N-dealkylation sites (tertiary alicyclic amines) is 1. The number of likely N-dealkylation sites (N-methyl/N-ethyl adjacent to an activating group) is 1. The lowest BCUT2D eigenvalue weighted by atomic mass is 9.77. The first-order valence-corrected chi connectivity index (χ1v) is 18.6. The van der Waals surface area contributed by atoms with E-state index in [0.29, 0.717) is 51.9 Å². The number of carbonyl (C=O) groups is 2. The SMILES string of the molecule is CCCCN1C(=O)[C@@H](CC2(O)CCCCC2)NC(=O)C12CCN(Cc1c(C)nn(-c3ccc(S(=O)(=O)N(C)CCO)cc3)c1C)CC2.Cl. The zero-order valence-electron chi connectivity index (χ0n) is 28.8. The van der Waals surface area contributed by atoms with E-state index in [4.69, 9.17) is 10.2 Å². The second-order valence-electron chi connectivity index (χ2n) is 13.8. The summed E-state index contributed by atoms with van der Waals surface area (Å²) >= 11 is 0. The average molecular weight is 709 g/mol. The van der Waals surface area contributed by atoms with E-state index in [2.05, 4.69) is 17.1 Å². The monoisotopic (exact) mass is 708 g/mol. The molecule has 2 saturated heterocycles. The lowest BCUT2D eigenvalue weighted by Crippen LogP contribution is -2.73. The van der Waals surface area contributed by atoms with Crippen molar-refractivity contribution in [1.29, 1.82) is 0 Å². The number of unbranched alkanes of at least 4 members (excludes halogenated alkanes) is 1. The summed E-state index contributed by atoms with van der Waals surface area (Å²) in [6.45, 7) is 8.30. The van der Waals surface area contributed by atoms with Crippen molar-refractivity contribution in [3.05, 3.63) is 41.2 Å². The van der Waals surface area contributed by atoms with E-state index in [1.165, 1.54) is 7.05 Å². The number of benzene rings is 1. The maximum absolute atomic E-state index is 13.9. The molecule has 1 aliphatic carbocycles. The maximum atomic E-state index is 13.9. The summed E-state index contributed by atoms with van der Waals surface area (Å²) < 4.78 is 28.5. The number of aliphatic hydroxyl groups excluding tert-OH is 1. The number of sulfonamides is 1. The minimum absolute atomic E-state index is 0. The van der Waals surface area contributed by atoms with Gasteiger partial charge < -0.3 is 20.4 Å². The van der Waals surface area contributed by atoms with Crippen LogP contribution in [0.5, 0.6) is 0 Å². The number of piperidine rings is 1. The van der Waals surface area contributed by atoms with Gasteiger partial charge in [-0.3, -0.25) is 14.5 Å². The van der Waals surface area contributed by atoms with Crippen molar-refractivity contribution in [2.75, 3.05) is 39.8 Å². The van der Waals surface area contributed by atoms with Gasteiger partial charge >= 0.3 is 0 Å². The molecule has 1 spiro atoms. The molecule has 268 valence electrons. The Hall–Kier alpha value is -2.55. The second kappa shape index (κ2) is 15.6. The van der Waals surface area contributed by atoms with Gasteiger partial charge in [0.05, 0.1) is 28.5 Å². The highest BCUT2D eigenvalue weighted by Crippen LogP contribution is 2.38. The zero-order valence-corrected chi connectivity index (χ0v) is 30.4. The highest BCUT2D eigenvalue weighted by Gasteiger charge is 2.54. The zero-order chi connectivity index (χ0) is 34.0. The lowest BCUT2D eigenvalue weighted by Gasteiger charge is -2.52. The summed E-state index contributed by atoms with van der Waals surface area (Å²) in [4.78, 5) is 32.1. The van der Waals surface area contributed by atoms with Gasteiger partial charge in [0.15, 0.2) is 0 Å². The number of nitrogens with one attached hydrogen (secondary N) is 1. The number of rotatable bonds is 12. The fourth-order valence-electron chi connectivity index (χ4n) is 7.61. The van der Waals surface area contributed by atoms with Crippen molar-refractivity contribution >= 4 is 34.2 Å². The van der Waals surface area contributed by atoms with E-state index in [1.807, 2.05) is 23.4 Å². The van der Waals surface area contributed by atoms with Crippen LogP contribution in [0.3, 0.4) is 0 Å². The molecule has 0 bridgehead atoms. The largest absolute Gasteiger partial charge is 0.395 e. The number of aliphatic hydroxyl groups is 2. The molecule has 0 radical (unpaired) electrons. The van der Waals surface area contributed by atoms with Gasteiger partial charge in [-0.1, -0.05) is 32.6 Å². The lowest BCUT2D eigenvalue weighted by molar-refractivity contribution is -0.163. The number of nitrogens with zero attached hydrogens (tertiary/aromatic N) is 5. The third-order valence-corrected chi connectivity index (χ3v) is 12.5. The topological polar surface area (TPSA) is 148 Å². The number of carbonyl (C=O) groups excluding carboxylic acids is 2. The van der Waals surface area contributed by atoms with Crippen molar-refractivity contribution in [1.82, 2.24) is 29.2 Å². The molecule has 1 aromatic carbocycles. The predicted molar refractivity (Wildman–Crippen MR) is 186 cm³/mol. The third kappa shape index (κ3) is 7.61. The number of halogens is 1. The number of hydrogen-bond donors (Lipinski definition) is 3. The molecule has 12 nitrogen and oxygen atoms in total. The maximum Gasteiger partial charge on any atom is 0.246 e. The van der Waals surface area contributed by atoms with Crippen LogP contribution in [0.25, 0.3) is 5.69 Å². The minimum atomic E-state index is -3.70. The molecule has 2 amide bonds. The van der Waals surface area contributed by atoms with E-state index in [9.17, 15) is 23.1 Å². The number of aromatic nitrogens is 2. The fourth-order valence-corrected chi connectivity index (χ4v) is 8.77. The van der Waals surface area contributed by atoms with Gasteiger partial charge in [0, 0.05) is 57.4 Å². The smallest absolute Gasteiger partial charge is 0.246 e. The summed E-state index contributed by atoms with van der Waals surface area (Å²) in [5.41, 5.74) is 1.88. The second-order valence-corrected chi connectivity index (χ2v) is 15.8. The molecular weight excluding hydrogens is 656 g/mol. The molecule has 1 atom stereocenters. The molecule has 1 saturated carbocycles. The molecule has 3 aliphatic rings. The summed E-state index contributed by atoms with van der Waals surface area (Å²) in [5.74, 6) is -0.150. The summed E-state index contributed by atoms with van der Waals surface area (Å²) in [6, 6.07) is 5.89. The van der Waals surface area contributed by atoms with Gasteiger partial charge in [-0.25, -0.2) is 13.1 Å². The Bertz CT molecular complexity index is 1530. The quantitative estimate of drug-likeness (QED) is 0.305. The first kappa shape index (κ1) is 38.3. The Morgan fingerprint density at radius 1 is 1.04 bits per heavy atom. The summed E-state index contributed by atoms with van der Waals surface area (Å²) in [6.07, 6.45) is 7.45. The van der Waals surface area contributed by atoms with Crippen LogP contribution in [0, 0.1) is 13.8 Å². The van der Waals surface area contributed by atoms with Gasteiger partial charge in [0.25, 0.3) is 0 Å². The predicted octanol–water partition coefficient (Wildman–Crippen LogP) is 3.07. The van der Waals surface area contributed by atoms with E-state index in [1.54, 1.807) is 24.3 Å².